The SMILES string of the molecule is CCNC(=NCCCCNc1ccccn1)NC1CCS(=O)(=O)C1.I. The van der Waals surface area contributed by atoms with Crippen LogP contribution in [0.1, 0.15) is 26.2 Å². The summed E-state index contributed by atoms with van der Waals surface area (Å²) in [6.45, 7) is 4.32. The maximum absolute atomic E-state index is 11.5. The first-order chi connectivity index (χ1) is 11.6. The minimum Gasteiger partial charge on any atom is -0.370 e. The van der Waals surface area contributed by atoms with Crippen molar-refractivity contribution >= 4 is 45.6 Å². The van der Waals surface area contributed by atoms with E-state index < -0.39 is 9.84 Å². The molecule has 0 aromatic carbocycles. The number of aromatic nitrogens is 1. The number of hydrogen-bond donors (Lipinski definition) is 3. The topological polar surface area (TPSA) is 95.5 Å². The second-order valence-corrected chi connectivity index (χ2v) is 8.08. The van der Waals surface area contributed by atoms with Crippen molar-refractivity contribution < 1.29 is 8.42 Å². The molecule has 1 fully saturated rings. The molecule has 0 radical (unpaired) electrons. The molecule has 142 valence electrons. The fraction of sp³-hybridized carbons (Fsp3) is 0.625. The van der Waals surface area contributed by atoms with E-state index in [9.17, 15) is 8.42 Å². The van der Waals surface area contributed by atoms with Gasteiger partial charge in [-0.25, -0.2) is 13.4 Å². The van der Waals surface area contributed by atoms with Gasteiger partial charge in [0.1, 0.15) is 5.82 Å². The van der Waals surface area contributed by atoms with Crippen LogP contribution in [0.15, 0.2) is 29.4 Å². The lowest BCUT2D eigenvalue weighted by Crippen LogP contribution is -2.44. The van der Waals surface area contributed by atoms with Crippen LogP contribution in [-0.4, -0.2) is 56.5 Å². The van der Waals surface area contributed by atoms with Crippen molar-refractivity contribution in [1.82, 2.24) is 15.6 Å². The third-order valence-corrected chi connectivity index (χ3v) is 5.51. The van der Waals surface area contributed by atoms with Crippen molar-refractivity contribution in [1.29, 1.82) is 0 Å². The van der Waals surface area contributed by atoms with E-state index in [1.807, 2.05) is 25.1 Å². The highest BCUT2D eigenvalue weighted by molar-refractivity contribution is 14.0. The van der Waals surface area contributed by atoms with Crippen molar-refractivity contribution in [2.45, 2.75) is 32.2 Å². The van der Waals surface area contributed by atoms with E-state index in [4.69, 9.17) is 0 Å². The smallest absolute Gasteiger partial charge is 0.191 e. The maximum atomic E-state index is 11.5. The van der Waals surface area contributed by atoms with Gasteiger partial charge >= 0.3 is 0 Å². The predicted molar refractivity (Wildman–Crippen MR) is 114 cm³/mol. The minimum absolute atomic E-state index is 0. The third kappa shape index (κ3) is 8.70. The van der Waals surface area contributed by atoms with Crippen LogP contribution in [0.2, 0.25) is 0 Å². The number of anilines is 1. The van der Waals surface area contributed by atoms with Gasteiger partial charge in [0.25, 0.3) is 0 Å². The van der Waals surface area contributed by atoms with Gasteiger partial charge in [0, 0.05) is 31.9 Å². The Morgan fingerprint density at radius 3 is 2.84 bits per heavy atom. The number of aliphatic imine (C=N–C) groups is 1. The minimum atomic E-state index is -2.87. The molecule has 1 aliphatic rings. The molecule has 25 heavy (non-hydrogen) atoms. The van der Waals surface area contributed by atoms with Crippen molar-refractivity contribution in [2.75, 3.05) is 36.5 Å². The predicted octanol–water partition coefficient (Wildman–Crippen LogP) is 1.63. The van der Waals surface area contributed by atoms with Gasteiger partial charge in [-0.1, -0.05) is 6.07 Å². The summed E-state index contributed by atoms with van der Waals surface area (Å²) in [5, 5.41) is 9.66. The summed E-state index contributed by atoms with van der Waals surface area (Å²) in [6, 6.07) is 5.77. The average Bonchev–Trinajstić information content (AvgIpc) is 2.90. The molecule has 1 aromatic rings. The number of halogens is 1. The largest absolute Gasteiger partial charge is 0.370 e. The number of pyridine rings is 1. The summed E-state index contributed by atoms with van der Waals surface area (Å²) >= 11 is 0. The number of unbranched alkanes of at least 4 members (excludes halogenated alkanes) is 1. The number of hydrogen-bond acceptors (Lipinski definition) is 5. The molecular formula is C16H28IN5O2S. The summed E-state index contributed by atoms with van der Waals surface area (Å²) in [6.07, 6.45) is 4.38. The van der Waals surface area contributed by atoms with Crippen LogP contribution in [0.25, 0.3) is 0 Å². The Morgan fingerprint density at radius 1 is 1.36 bits per heavy atom. The first-order valence-corrected chi connectivity index (χ1v) is 10.3. The highest BCUT2D eigenvalue weighted by Gasteiger charge is 2.28. The molecule has 1 saturated heterocycles. The zero-order valence-electron chi connectivity index (χ0n) is 14.6. The highest BCUT2D eigenvalue weighted by atomic mass is 127. The Hall–Kier alpha value is -1.10. The lowest BCUT2D eigenvalue weighted by molar-refractivity contribution is 0.599. The van der Waals surface area contributed by atoms with Crippen LogP contribution in [0, 0.1) is 0 Å². The molecule has 0 aliphatic carbocycles. The fourth-order valence-corrected chi connectivity index (χ4v) is 4.21. The molecule has 1 aliphatic heterocycles. The lowest BCUT2D eigenvalue weighted by Gasteiger charge is -2.15. The van der Waals surface area contributed by atoms with Crippen LogP contribution in [0.3, 0.4) is 0 Å². The molecule has 9 heteroatoms. The van der Waals surface area contributed by atoms with Gasteiger partial charge in [-0.05, 0) is 38.3 Å². The molecule has 2 heterocycles. The van der Waals surface area contributed by atoms with E-state index in [0.29, 0.717) is 18.9 Å². The van der Waals surface area contributed by atoms with Gasteiger partial charge in [0.15, 0.2) is 15.8 Å². The molecule has 2 rings (SSSR count). The molecule has 0 bridgehead atoms. The highest BCUT2D eigenvalue weighted by Crippen LogP contribution is 2.11. The Morgan fingerprint density at radius 2 is 2.20 bits per heavy atom. The number of nitrogens with one attached hydrogen (secondary N) is 3. The lowest BCUT2D eigenvalue weighted by atomic mass is 10.3. The molecule has 7 nitrogen and oxygen atoms in total. The van der Waals surface area contributed by atoms with Crippen molar-refractivity contribution in [3.05, 3.63) is 24.4 Å². The molecule has 0 saturated carbocycles. The number of nitrogens with zero attached hydrogens (tertiary/aromatic N) is 2. The van der Waals surface area contributed by atoms with Crippen molar-refractivity contribution in [3.8, 4) is 0 Å². The monoisotopic (exact) mass is 481 g/mol. The molecule has 1 aromatic heterocycles. The number of rotatable bonds is 8. The van der Waals surface area contributed by atoms with Crippen LogP contribution in [0.5, 0.6) is 0 Å². The second kappa shape index (κ2) is 11.5. The number of guanidine groups is 1. The van der Waals surface area contributed by atoms with Crippen LogP contribution >= 0.6 is 24.0 Å². The first-order valence-electron chi connectivity index (χ1n) is 8.49. The van der Waals surface area contributed by atoms with E-state index in [1.54, 1.807) is 6.20 Å². The Balaban J connectivity index is 0.00000312. The van der Waals surface area contributed by atoms with E-state index >= 15 is 0 Å². The van der Waals surface area contributed by atoms with E-state index in [0.717, 1.165) is 31.7 Å². The zero-order valence-corrected chi connectivity index (χ0v) is 17.7. The van der Waals surface area contributed by atoms with Crippen LogP contribution < -0.4 is 16.0 Å². The van der Waals surface area contributed by atoms with Gasteiger partial charge in [-0.3, -0.25) is 4.99 Å². The summed E-state index contributed by atoms with van der Waals surface area (Å²) in [5.74, 6) is 2.06. The van der Waals surface area contributed by atoms with Gasteiger partial charge in [0.05, 0.1) is 11.5 Å². The zero-order chi connectivity index (χ0) is 17.3. The molecule has 1 atom stereocenters. The standard InChI is InChI=1S/C16H27N5O2S.HI/c1-2-17-16(21-14-8-12-24(22,23)13-14)20-11-6-5-10-19-15-7-3-4-9-18-15;/h3-4,7,9,14H,2,5-6,8,10-13H2,1H3,(H,18,19)(H2,17,20,21);1H. The third-order valence-electron chi connectivity index (χ3n) is 3.74. The molecule has 0 amide bonds. The summed E-state index contributed by atoms with van der Waals surface area (Å²) in [4.78, 5) is 8.74. The fourth-order valence-electron chi connectivity index (χ4n) is 2.53. The van der Waals surface area contributed by atoms with E-state index in [-0.39, 0.29) is 41.5 Å². The molecule has 0 spiro atoms. The van der Waals surface area contributed by atoms with Gasteiger partial charge < -0.3 is 16.0 Å². The summed E-state index contributed by atoms with van der Waals surface area (Å²) in [7, 11) is -2.87. The summed E-state index contributed by atoms with van der Waals surface area (Å²) in [5.41, 5.74) is 0. The van der Waals surface area contributed by atoms with Crippen LogP contribution in [0.4, 0.5) is 5.82 Å². The Kier molecular flexibility index (Phi) is 10.1. The van der Waals surface area contributed by atoms with Crippen LogP contribution in [-0.2, 0) is 9.84 Å². The van der Waals surface area contributed by atoms with Gasteiger partial charge in [-0.2, -0.15) is 0 Å². The quantitative estimate of drug-likeness (QED) is 0.226. The van der Waals surface area contributed by atoms with Crippen molar-refractivity contribution in [3.63, 3.8) is 0 Å². The van der Waals surface area contributed by atoms with Gasteiger partial charge in [0.2, 0.25) is 0 Å². The second-order valence-electron chi connectivity index (χ2n) is 5.85. The van der Waals surface area contributed by atoms with Gasteiger partial charge in [-0.15, -0.1) is 24.0 Å². The maximum Gasteiger partial charge on any atom is 0.191 e. The molecular weight excluding hydrogens is 453 g/mol. The Labute approximate surface area is 167 Å². The first kappa shape index (κ1) is 21.9. The summed E-state index contributed by atoms with van der Waals surface area (Å²) < 4.78 is 23.0. The normalized spacial score (nSPS) is 19.1. The Bertz CT molecular complexity index is 625. The van der Waals surface area contributed by atoms with Crippen molar-refractivity contribution in [2.24, 2.45) is 4.99 Å². The van der Waals surface area contributed by atoms with E-state index in [1.165, 1.54) is 0 Å². The number of sulfone groups is 1. The molecule has 1 unspecified atom stereocenters. The molecule has 3 N–H and O–H groups in total. The average molecular weight is 481 g/mol. The van der Waals surface area contributed by atoms with E-state index in [2.05, 4.69) is 25.9 Å².